The topological polar surface area (TPSA) is 119 Å². The van der Waals surface area contributed by atoms with Crippen molar-refractivity contribution in [3.8, 4) is 0 Å². The molecular formula is C40H67BF2N3O8P. The first-order chi connectivity index (χ1) is 26.0. The zero-order chi connectivity index (χ0) is 40.5. The summed E-state index contributed by atoms with van der Waals surface area (Å²) in [5.41, 5.74) is 2.71. The standard InChI is InChI=1S/C40H67BF2N3O8P/c1-7-8-9-10-11-12-13-14-15-16-17-18-19-23-39(47)51-31-37(32-53-55(49,50)52-28-27-46(4,5)6)54-40(48)24-21-20-22-35-25-26-36-30-38-33(2)29-34(3)44(38)41(42,43)45(35)36/h25-26,29-30,37H,7-24,27-28,31-32H2,1-6H3/t37-/m1/s1. The van der Waals surface area contributed by atoms with Gasteiger partial charge in [-0.25, -0.2) is 0 Å². The fourth-order valence-corrected chi connectivity index (χ4v) is 7.74. The maximum atomic E-state index is 15.7. The van der Waals surface area contributed by atoms with Crippen LogP contribution in [0, 0.1) is 13.8 Å². The third-order valence-corrected chi connectivity index (χ3v) is 11.1. The van der Waals surface area contributed by atoms with E-state index in [-0.39, 0.29) is 26.1 Å². The van der Waals surface area contributed by atoms with Crippen molar-refractivity contribution in [2.24, 2.45) is 0 Å². The molecule has 0 radical (unpaired) electrons. The van der Waals surface area contributed by atoms with Gasteiger partial charge in [-0.05, 0) is 50.4 Å². The predicted molar refractivity (Wildman–Crippen MR) is 212 cm³/mol. The number of carbonyl (C=O) groups is 2. The van der Waals surface area contributed by atoms with Gasteiger partial charge in [-0.1, -0.05) is 84.0 Å². The molecule has 0 saturated carbocycles. The Labute approximate surface area is 328 Å². The van der Waals surface area contributed by atoms with Crippen molar-refractivity contribution in [1.82, 2.24) is 4.48 Å². The fourth-order valence-electron chi connectivity index (χ4n) is 7.02. The van der Waals surface area contributed by atoms with Crippen LogP contribution < -0.4 is 4.89 Å². The number of unbranched alkanes of at least 4 members (excludes halogenated alkanes) is 13. The van der Waals surface area contributed by atoms with Gasteiger partial charge < -0.3 is 45.5 Å². The number of allylic oxidation sites excluding steroid dienone is 2. The first kappa shape index (κ1) is 46.7. The summed E-state index contributed by atoms with van der Waals surface area (Å²) in [4.78, 5) is 37.8. The van der Waals surface area contributed by atoms with Crippen molar-refractivity contribution in [2.75, 3.05) is 47.5 Å². The first-order valence-electron chi connectivity index (χ1n) is 20.6. The molecule has 3 heterocycles. The van der Waals surface area contributed by atoms with E-state index >= 15 is 8.63 Å². The Morgan fingerprint density at radius 3 is 2.05 bits per heavy atom. The highest BCUT2D eigenvalue weighted by Crippen LogP contribution is 2.38. The average molecular weight is 798 g/mol. The quantitative estimate of drug-likeness (QED) is 0.0261. The van der Waals surface area contributed by atoms with Crippen LogP contribution in [-0.4, -0.2) is 91.7 Å². The van der Waals surface area contributed by atoms with Crippen LogP contribution in [0.1, 0.15) is 139 Å². The lowest BCUT2D eigenvalue weighted by Crippen LogP contribution is -2.50. The normalized spacial score (nSPS) is 16.4. The highest BCUT2D eigenvalue weighted by Gasteiger charge is 2.52. The molecule has 0 aliphatic carbocycles. The van der Waals surface area contributed by atoms with E-state index in [2.05, 4.69) is 6.92 Å². The molecule has 55 heavy (non-hydrogen) atoms. The van der Waals surface area contributed by atoms with E-state index in [1.165, 1.54) is 57.8 Å². The van der Waals surface area contributed by atoms with E-state index in [9.17, 15) is 19.0 Å². The second-order valence-electron chi connectivity index (χ2n) is 16.2. The maximum Gasteiger partial charge on any atom is 0.737 e. The number of esters is 2. The van der Waals surface area contributed by atoms with E-state index in [4.69, 9.17) is 18.5 Å². The van der Waals surface area contributed by atoms with E-state index in [0.29, 0.717) is 59.5 Å². The summed E-state index contributed by atoms with van der Waals surface area (Å²) >= 11 is 0. The molecule has 0 N–H and O–H groups in total. The van der Waals surface area contributed by atoms with Gasteiger partial charge in [0.05, 0.1) is 27.7 Å². The number of aryl methyl sites for hydroxylation is 2. The molecule has 0 saturated heterocycles. The number of hydrogen-bond donors (Lipinski definition) is 0. The van der Waals surface area contributed by atoms with Gasteiger partial charge in [0.25, 0.3) is 7.82 Å². The largest absolute Gasteiger partial charge is 0.756 e. The molecule has 0 amide bonds. The molecule has 2 aliphatic rings. The summed E-state index contributed by atoms with van der Waals surface area (Å²) < 4.78 is 67.5. The third-order valence-electron chi connectivity index (χ3n) is 10.1. The Hall–Kier alpha value is -2.64. The summed E-state index contributed by atoms with van der Waals surface area (Å²) in [6, 6.07) is 1.76. The Kier molecular flexibility index (Phi) is 19.5. The van der Waals surface area contributed by atoms with Gasteiger partial charge >= 0.3 is 18.9 Å². The summed E-state index contributed by atoms with van der Waals surface area (Å²) in [7, 11) is 0.953. The highest BCUT2D eigenvalue weighted by molar-refractivity contribution is 7.45. The first-order valence-corrected chi connectivity index (χ1v) is 22.0. The van der Waals surface area contributed by atoms with E-state index in [1.807, 2.05) is 28.1 Å². The molecule has 1 unspecified atom stereocenters. The molecule has 3 rings (SSSR count). The number of hydrogen-bond acceptors (Lipinski definition) is 8. The fraction of sp³-hybridized carbons (Fsp3) is 0.725. The van der Waals surface area contributed by atoms with Crippen LogP contribution in [0.2, 0.25) is 0 Å². The second kappa shape index (κ2) is 22.9. The second-order valence-corrected chi connectivity index (χ2v) is 17.6. The molecular weight excluding hydrogens is 730 g/mol. The molecule has 1 aromatic heterocycles. The minimum absolute atomic E-state index is 0.0419. The van der Waals surface area contributed by atoms with Crippen LogP contribution in [0.4, 0.5) is 8.63 Å². The van der Waals surface area contributed by atoms with Gasteiger partial charge in [-0.3, -0.25) is 14.2 Å². The van der Waals surface area contributed by atoms with Crippen molar-refractivity contribution in [3.63, 3.8) is 0 Å². The molecule has 15 heteroatoms. The molecule has 0 fully saturated rings. The number of phosphoric acid groups is 1. The smallest absolute Gasteiger partial charge is 0.737 e. The summed E-state index contributed by atoms with van der Waals surface area (Å²) in [5.74, 6) is -1.10. The Balaban J connectivity index is 1.43. The van der Waals surface area contributed by atoms with Gasteiger partial charge in [0.2, 0.25) is 0 Å². The van der Waals surface area contributed by atoms with Crippen molar-refractivity contribution in [2.45, 2.75) is 142 Å². The zero-order valence-corrected chi connectivity index (χ0v) is 35.2. The number of aromatic nitrogens is 1. The van der Waals surface area contributed by atoms with Crippen molar-refractivity contribution < 1.29 is 55.2 Å². The number of ether oxygens (including phenoxy) is 2. The summed E-state index contributed by atoms with van der Waals surface area (Å²) in [5, 5.41) is 0. The number of phosphoric ester groups is 1. The molecule has 2 aliphatic heterocycles. The Morgan fingerprint density at radius 2 is 1.44 bits per heavy atom. The predicted octanol–water partition coefficient (Wildman–Crippen LogP) is 8.41. The number of rotatable bonds is 29. The molecule has 0 aromatic carbocycles. The van der Waals surface area contributed by atoms with Crippen LogP contribution in [0.15, 0.2) is 23.9 Å². The lowest BCUT2D eigenvalue weighted by Gasteiger charge is -2.30. The van der Waals surface area contributed by atoms with Crippen LogP contribution in [-0.2, 0) is 32.7 Å². The van der Waals surface area contributed by atoms with Crippen molar-refractivity contribution in [1.29, 1.82) is 0 Å². The SMILES string of the molecule is CCCCCCCCCCCCCCCC(=O)OC[C@H](COP(=O)([O-])OCC[N+](C)(C)C)OC(=O)CCCCC1=[N+]2C(=Cc3c(C)cc(C)n3[B-]2(F)F)C=C1. The van der Waals surface area contributed by atoms with Crippen LogP contribution in [0.3, 0.4) is 0 Å². The van der Waals surface area contributed by atoms with Gasteiger partial charge in [-0.2, -0.15) is 0 Å². The number of halogens is 2. The van der Waals surface area contributed by atoms with Crippen molar-refractivity contribution in [3.05, 3.63) is 40.9 Å². The number of carbonyl (C=O) groups excluding carboxylic acids is 2. The molecule has 0 bridgehead atoms. The zero-order valence-electron chi connectivity index (χ0n) is 34.3. The van der Waals surface area contributed by atoms with Crippen LogP contribution in [0.25, 0.3) is 6.08 Å². The van der Waals surface area contributed by atoms with E-state index in [1.54, 1.807) is 31.2 Å². The minimum Gasteiger partial charge on any atom is -0.756 e. The number of likely N-dealkylation sites (N-methyl/N-ethyl adjacent to an activating group) is 1. The lowest BCUT2D eigenvalue weighted by molar-refractivity contribution is -0.870. The maximum absolute atomic E-state index is 15.7. The van der Waals surface area contributed by atoms with Gasteiger partial charge in [0.1, 0.15) is 25.5 Å². The average Bonchev–Trinajstić information content (AvgIpc) is 3.65. The Morgan fingerprint density at radius 1 is 0.855 bits per heavy atom. The van der Waals surface area contributed by atoms with Gasteiger partial charge in [0, 0.05) is 43.2 Å². The molecule has 0 spiro atoms. The molecule has 11 nitrogen and oxygen atoms in total. The third kappa shape index (κ3) is 16.4. The van der Waals surface area contributed by atoms with E-state index < -0.39 is 39.4 Å². The molecule has 312 valence electrons. The summed E-state index contributed by atoms with van der Waals surface area (Å²) in [6.45, 7) is 1.04. The van der Waals surface area contributed by atoms with E-state index in [0.717, 1.165) is 33.8 Å². The molecule has 1 aromatic rings. The number of fused-ring (bicyclic) bond motifs is 2. The van der Waals surface area contributed by atoms with Gasteiger partial charge in [-0.15, -0.1) is 0 Å². The van der Waals surface area contributed by atoms with Gasteiger partial charge in [0.15, 0.2) is 11.8 Å². The van der Waals surface area contributed by atoms with Crippen LogP contribution in [0.5, 0.6) is 0 Å². The minimum atomic E-state index is -4.72. The number of quaternary nitrogens is 1. The van der Waals surface area contributed by atoms with Crippen LogP contribution >= 0.6 is 7.82 Å². The van der Waals surface area contributed by atoms with Crippen molar-refractivity contribution >= 4 is 38.5 Å². The number of nitrogens with zero attached hydrogens (tertiary/aromatic N) is 3. The lowest BCUT2D eigenvalue weighted by atomic mass is 9.90. The monoisotopic (exact) mass is 797 g/mol. The summed E-state index contributed by atoms with van der Waals surface area (Å²) in [6.07, 6.45) is 20.7. The molecule has 2 atom stereocenters. The highest BCUT2D eigenvalue weighted by atomic mass is 31.2. The Bertz CT molecular complexity index is 1540.